The molecule has 1 aromatic heterocycles. The lowest BCUT2D eigenvalue weighted by atomic mass is 10.2. The number of rotatable bonds is 5. The van der Waals surface area contributed by atoms with Crippen LogP contribution in [0.2, 0.25) is 0 Å². The van der Waals surface area contributed by atoms with Crippen LogP contribution in [0.15, 0.2) is 21.6 Å². The van der Waals surface area contributed by atoms with E-state index in [-0.39, 0.29) is 11.0 Å². The van der Waals surface area contributed by atoms with Crippen molar-refractivity contribution in [3.05, 3.63) is 16.7 Å². The second-order valence-corrected chi connectivity index (χ2v) is 7.62. The summed E-state index contributed by atoms with van der Waals surface area (Å²) in [6.45, 7) is 5.69. The normalized spacial score (nSPS) is 20.4. The van der Waals surface area contributed by atoms with E-state index in [4.69, 9.17) is 4.74 Å². The average Bonchev–Trinajstić information content (AvgIpc) is 2.49. The first kappa shape index (κ1) is 16.7. The van der Waals surface area contributed by atoms with Crippen LogP contribution >= 0.6 is 15.9 Å². The molecule has 2 heterocycles. The van der Waals surface area contributed by atoms with Gasteiger partial charge in [0.25, 0.3) is 0 Å². The molecule has 1 saturated heterocycles. The number of halogens is 1. The maximum Gasteiger partial charge on any atom is 0.246 e. The van der Waals surface area contributed by atoms with Crippen molar-refractivity contribution in [3.63, 3.8) is 0 Å². The van der Waals surface area contributed by atoms with E-state index < -0.39 is 10.0 Å². The molecule has 1 atom stereocenters. The van der Waals surface area contributed by atoms with Crippen molar-refractivity contribution >= 4 is 31.8 Å². The van der Waals surface area contributed by atoms with E-state index in [1.54, 1.807) is 12.3 Å². The number of anilines is 1. The second kappa shape index (κ2) is 7.04. The first-order valence-electron chi connectivity index (χ1n) is 7.00. The lowest BCUT2D eigenvalue weighted by Crippen LogP contribution is -2.45. The quantitative estimate of drug-likeness (QED) is 0.850. The van der Waals surface area contributed by atoms with Gasteiger partial charge in [0, 0.05) is 30.3 Å². The van der Waals surface area contributed by atoms with Crippen LogP contribution in [0.4, 0.5) is 5.82 Å². The predicted octanol–water partition coefficient (Wildman–Crippen LogP) is 2.08. The summed E-state index contributed by atoms with van der Waals surface area (Å²) in [5, 5.41) is 3.00. The Kier molecular flexibility index (Phi) is 5.59. The van der Waals surface area contributed by atoms with Gasteiger partial charge in [-0.05, 0) is 35.3 Å². The fraction of sp³-hybridized carbons (Fsp3) is 0.615. The largest absolute Gasteiger partial charge is 0.375 e. The van der Waals surface area contributed by atoms with Crippen molar-refractivity contribution in [1.82, 2.24) is 9.29 Å². The standard InChI is InChI=1S/C13H20BrN3O3S/c1-3-11-9-17(5-6-20-11)21(18,19)12-7-10(14)8-16-13(12)15-4-2/h7-8,11H,3-6,9H2,1-2H3,(H,15,16). The Balaban J connectivity index is 2.36. The van der Waals surface area contributed by atoms with Gasteiger partial charge in [0.05, 0.1) is 12.7 Å². The highest BCUT2D eigenvalue weighted by atomic mass is 79.9. The molecule has 2 rings (SSSR count). The molecule has 0 saturated carbocycles. The Labute approximate surface area is 134 Å². The number of hydrogen-bond donors (Lipinski definition) is 1. The van der Waals surface area contributed by atoms with Gasteiger partial charge >= 0.3 is 0 Å². The third kappa shape index (κ3) is 3.74. The molecule has 1 aliphatic rings. The molecule has 1 unspecified atom stereocenters. The van der Waals surface area contributed by atoms with Gasteiger partial charge in [-0.2, -0.15) is 4.31 Å². The van der Waals surface area contributed by atoms with E-state index in [2.05, 4.69) is 26.2 Å². The number of nitrogens with zero attached hydrogens (tertiary/aromatic N) is 2. The zero-order valence-electron chi connectivity index (χ0n) is 12.2. The molecule has 6 nitrogen and oxygen atoms in total. The summed E-state index contributed by atoms with van der Waals surface area (Å²) in [4.78, 5) is 4.38. The zero-order valence-corrected chi connectivity index (χ0v) is 14.6. The minimum absolute atomic E-state index is 0.0452. The number of pyridine rings is 1. The van der Waals surface area contributed by atoms with Crippen LogP contribution in [0, 0.1) is 0 Å². The topological polar surface area (TPSA) is 71.5 Å². The van der Waals surface area contributed by atoms with Crippen LogP contribution in [0.5, 0.6) is 0 Å². The first-order chi connectivity index (χ1) is 9.98. The Hall–Kier alpha value is -0.700. The van der Waals surface area contributed by atoms with E-state index >= 15 is 0 Å². The molecule has 0 aromatic carbocycles. The van der Waals surface area contributed by atoms with Crippen molar-refractivity contribution in [3.8, 4) is 0 Å². The van der Waals surface area contributed by atoms with Crippen LogP contribution in [0.1, 0.15) is 20.3 Å². The van der Waals surface area contributed by atoms with E-state index in [1.807, 2.05) is 13.8 Å². The third-order valence-corrected chi connectivity index (χ3v) is 5.65. The third-order valence-electron chi connectivity index (χ3n) is 3.34. The van der Waals surface area contributed by atoms with Crippen LogP contribution in [0.25, 0.3) is 0 Å². The van der Waals surface area contributed by atoms with Gasteiger partial charge in [0.2, 0.25) is 10.0 Å². The molecule has 1 aliphatic heterocycles. The van der Waals surface area contributed by atoms with E-state index in [0.29, 0.717) is 36.5 Å². The molecular weight excluding hydrogens is 358 g/mol. The molecule has 0 aliphatic carbocycles. The highest BCUT2D eigenvalue weighted by molar-refractivity contribution is 9.10. The van der Waals surface area contributed by atoms with E-state index in [0.717, 1.165) is 6.42 Å². The van der Waals surface area contributed by atoms with Crippen molar-refractivity contribution in [1.29, 1.82) is 0 Å². The number of hydrogen-bond acceptors (Lipinski definition) is 5. The van der Waals surface area contributed by atoms with Gasteiger partial charge in [-0.1, -0.05) is 6.92 Å². The maximum atomic E-state index is 12.9. The van der Waals surface area contributed by atoms with Crippen molar-refractivity contribution in [2.24, 2.45) is 0 Å². The van der Waals surface area contributed by atoms with Crippen molar-refractivity contribution < 1.29 is 13.2 Å². The first-order valence-corrected chi connectivity index (χ1v) is 9.23. The Bertz CT molecular complexity index is 594. The fourth-order valence-electron chi connectivity index (χ4n) is 2.21. The zero-order chi connectivity index (χ0) is 15.5. The SMILES string of the molecule is CCNc1ncc(Br)cc1S(=O)(=O)N1CCOC(CC)C1. The van der Waals surface area contributed by atoms with Crippen LogP contribution in [-0.4, -0.2) is 50.1 Å². The number of sulfonamides is 1. The summed E-state index contributed by atoms with van der Waals surface area (Å²) in [5.41, 5.74) is 0. The molecule has 0 spiro atoms. The Morgan fingerprint density at radius 2 is 2.29 bits per heavy atom. The summed E-state index contributed by atoms with van der Waals surface area (Å²) in [6.07, 6.45) is 2.34. The highest BCUT2D eigenvalue weighted by Crippen LogP contribution is 2.27. The van der Waals surface area contributed by atoms with E-state index in [9.17, 15) is 8.42 Å². The molecule has 0 bridgehead atoms. The van der Waals surface area contributed by atoms with Gasteiger partial charge in [-0.25, -0.2) is 13.4 Å². The number of morpholine rings is 1. The smallest absolute Gasteiger partial charge is 0.246 e. The maximum absolute atomic E-state index is 12.9. The molecule has 1 aromatic rings. The van der Waals surface area contributed by atoms with E-state index in [1.165, 1.54) is 4.31 Å². The molecule has 1 N–H and O–H groups in total. The lowest BCUT2D eigenvalue weighted by Gasteiger charge is -2.32. The van der Waals surface area contributed by atoms with Crippen molar-refractivity contribution in [2.45, 2.75) is 31.3 Å². The highest BCUT2D eigenvalue weighted by Gasteiger charge is 2.32. The molecular formula is C13H20BrN3O3S. The Morgan fingerprint density at radius 3 is 2.95 bits per heavy atom. The second-order valence-electron chi connectivity index (χ2n) is 4.79. The van der Waals surface area contributed by atoms with Gasteiger partial charge in [-0.15, -0.1) is 0 Å². The lowest BCUT2D eigenvalue weighted by molar-refractivity contribution is -0.00277. The summed E-state index contributed by atoms with van der Waals surface area (Å²) < 4.78 is 33.4. The number of nitrogens with one attached hydrogen (secondary N) is 1. The number of aromatic nitrogens is 1. The van der Waals surface area contributed by atoms with Crippen molar-refractivity contribution in [2.75, 3.05) is 31.6 Å². The Morgan fingerprint density at radius 1 is 1.52 bits per heavy atom. The molecule has 21 heavy (non-hydrogen) atoms. The summed E-state index contributed by atoms with van der Waals surface area (Å²) in [5.74, 6) is 0.389. The molecule has 0 amide bonds. The summed E-state index contributed by atoms with van der Waals surface area (Å²) in [7, 11) is -3.58. The number of ether oxygens (including phenoxy) is 1. The van der Waals surface area contributed by atoms with Crippen LogP contribution in [-0.2, 0) is 14.8 Å². The molecule has 8 heteroatoms. The van der Waals surface area contributed by atoms with Gasteiger partial charge in [-0.3, -0.25) is 0 Å². The van der Waals surface area contributed by atoms with Gasteiger partial charge in [0.15, 0.2) is 0 Å². The van der Waals surface area contributed by atoms with Crippen LogP contribution < -0.4 is 5.32 Å². The monoisotopic (exact) mass is 377 g/mol. The molecule has 118 valence electrons. The predicted molar refractivity (Wildman–Crippen MR) is 84.9 cm³/mol. The minimum atomic E-state index is -3.58. The minimum Gasteiger partial charge on any atom is -0.375 e. The fourth-order valence-corrected chi connectivity index (χ4v) is 4.30. The molecule has 0 radical (unpaired) electrons. The molecule has 1 fully saturated rings. The summed E-state index contributed by atoms with van der Waals surface area (Å²) in [6, 6.07) is 1.59. The van der Waals surface area contributed by atoms with Gasteiger partial charge < -0.3 is 10.1 Å². The van der Waals surface area contributed by atoms with Crippen LogP contribution in [0.3, 0.4) is 0 Å². The average molecular weight is 378 g/mol. The summed E-state index contributed by atoms with van der Waals surface area (Å²) >= 11 is 3.29. The van der Waals surface area contributed by atoms with Gasteiger partial charge in [0.1, 0.15) is 10.7 Å².